The van der Waals surface area contributed by atoms with Crippen LogP contribution in [0.2, 0.25) is 20.1 Å². The molecule has 4 fully saturated rings. The molecule has 0 spiro atoms. The van der Waals surface area contributed by atoms with Gasteiger partial charge in [-0.05, 0) is 67.6 Å². The zero-order chi connectivity index (χ0) is 40.3. The quantitative estimate of drug-likeness (QED) is 0.121. The lowest BCUT2D eigenvalue weighted by atomic mass is 9.85. The molecule has 0 aliphatic carbocycles. The Balaban J connectivity index is 0.000000161. The van der Waals surface area contributed by atoms with Crippen LogP contribution < -0.4 is 9.80 Å². The number of aliphatic hydroxyl groups excluding tert-OH is 1. The van der Waals surface area contributed by atoms with E-state index in [2.05, 4.69) is 9.69 Å². The molecule has 0 saturated carbocycles. The number of carbonyl (C=O) groups excluding carboxylic acids is 5. The van der Waals surface area contributed by atoms with E-state index < -0.39 is 23.6 Å². The second-order valence-electron chi connectivity index (χ2n) is 13.1. The number of amides is 6. The average Bonchev–Trinajstić information content (AvgIpc) is 3.95. The molecule has 3 unspecified atom stereocenters. The van der Waals surface area contributed by atoms with E-state index in [1.165, 1.54) is 28.0 Å². The third-order valence-corrected chi connectivity index (χ3v) is 10.6. The summed E-state index contributed by atoms with van der Waals surface area (Å²) in [5.74, 6) is -0.689. The van der Waals surface area contributed by atoms with Crippen molar-refractivity contribution >= 4 is 99.3 Å². The number of benzene rings is 4. The van der Waals surface area contributed by atoms with Crippen molar-refractivity contribution in [2.24, 2.45) is 0 Å². The smallest absolute Gasteiger partial charge is 0.332 e. The van der Waals surface area contributed by atoms with E-state index in [0.29, 0.717) is 74.2 Å². The fourth-order valence-electron chi connectivity index (χ4n) is 7.19. The minimum Gasteiger partial charge on any atom is -0.385 e. The van der Waals surface area contributed by atoms with E-state index in [9.17, 15) is 29.1 Å². The van der Waals surface area contributed by atoms with Gasteiger partial charge in [-0.25, -0.2) is 29.1 Å². The monoisotopic (exact) mass is 830 g/mol. The summed E-state index contributed by atoms with van der Waals surface area (Å²) in [5.41, 5.74) is 1.41. The van der Waals surface area contributed by atoms with Crippen molar-refractivity contribution in [3.8, 4) is 0 Å². The highest BCUT2D eigenvalue weighted by Crippen LogP contribution is 2.48. The fraction of sp³-hybridized carbons (Fsp3) is 0.225. The Morgan fingerprint density at radius 2 is 1.23 bits per heavy atom. The number of fused-ring (bicyclic) bond motifs is 2. The van der Waals surface area contributed by atoms with Gasteiger partial charge in [0.05, 0.1) is 24.5 Å². The van der Waals surface area contributed by atoms with Crippen LogP contribution in [-0.2, 0) is 9.59 Å². The van der Waals surface area contributed by atoms with Crippen molar-refractivity contribution in [1.82, 2.24) is 9.80 Å². The van der Waals surface area contributed by atoms with Crippen LogP contribution in [0.25, 0.3) is 9.69 Å². The van der Waals surface area contributed by atoms with Crippen molar-refractivity contribution < 1.29 is 29.1 Å². The Kier molecular flexibility index (Phi) is 12.0. The molecule has 4 saturated heterocycles. The second kappa shape index (κ2) is 16.7. The Bertz CT molecular complexity index is 2250. The third-order valence-electron chi connectivity index (χ3n) is 9.77. The number of urea groups is 2. The molecule has 56 heavy (non-hydrogen) atoms. The van der Waals surface area contributed by atoms with Crippen molar-refractivity contribution in [2.75, 3.05) is 22.9 Å². The molecule has 0 radical (unpaired) electrons. The summed E-state index contributed by atoms with van der Waals surface area (Å²) >= 11 is 23.9. The predicted molar refractivity (Wildman–Crippen MR) is 213 cm³/mol. The van der Waals surface area contributed by atoms with E-state index in [1.807, 2.05) is 0 Å². The molecule has 12 nitrogen and oxygen atoms in total. The van der Waals surface area contributed by atoms with Gasteiger partial charge in [-0.15, -0.1) is 0 Å². The minimum atomic E-state index is -1.38. The number of carbonyl (C=O) groups is 5. The summed E-state index contributed by atoms with van der Waals surface area (Å²) in [6.45, 7) is 14.7. The molecular weight excluding hydrogens is 802 g/mol. The maximum absolute atomic E-state index is 13.4. The van der Waals surface area contributed by atoms with Crippen molar-refractivity contribution in [1.29, 1.82) is 0 Å². The summed E-state index contributed by atoms with van der Waals surface area (Å²) in [6.07, 6.45) is 2.10. The minimum absolute atomic E-state index is 0.184. The van der Waals surface area contributed by atoms with Crippen LogP contribution in [0.4, 0.5) is 32.3 Å². The average molecular weight is 833 g/mol. The van der Waals surface area contributed by atoms with Crippen molar-refractivity contribution in [2.45, 2.75) is 43.4 Å². The van der Waals surface area contributed by atoms with Gasteiger partial charge in [0.2, 0.25) is 0 Å². The summed E-state index contributed by atoms with van der Waals surface area (Å²) < 4.78 is 0. The molecule has 6 amide bonds. The molecule has 3 atom stereocenters. The number of imide groups is 2. The number of halogens is 4. The lowest BCUT2D eigenvalue weighted by molar-refractivity contribution is -0.129. The van der Waals surface area contributed by atoms with Gasteiger partial charge in [0, 0.05) is 38.7 Å². The third kappa shape index (κ3) is 7.67. The maximum atomic E-state index is 13.4. The molecule has 8 rings (SSSR count). The number of anilines is 2. The van der Waals surface area contributed by atoms with Gasteiger partial charge < -0.3 is 14.9 Å². The second-order valence-corrected chi connectivity index (χ2v) is 14.8. The highest BCUT2D eigenvalue weighted by atomic mass is 35.5. The molecule has 16 heteroatoms. The van der Waals surface area contributed by atoms with E-state index >= 15 is 0 Å². The van der Waals surface area contributed by atoms with Crippen LogP contribution in [0.1, 0.15) is 47.7 Å². The number of rotatable bonds is 5. The van der Waals surface area contributed by atoms with E-state index in [4.69, 9.17) is 59.5 Å². The standard InChI is InChI=1S/C20H15Cl2N3O3.C12H10Cl2N2O2.C8H5NO/c1-23-15-5-3-12(4-6-15)17(26)20-7-2-8-24(20)19(28)25(18(20)27)16-10-13(21)9-14(22)11-16;13-7-4-8(14)6-9(5-7)16-11(17)10-2-1-3-15(10)12(16)18;1-9-8-4-2-7(6-10)3-5-8/h3-6,9-11,17,26H,2,7-8H2;4-6,10H,1-3H2;2-6H. The van der Waals surface area contributed by atoms with Gasteiger partial charge >= 0.3 is 12.1 Å². The predicted octanol–water partition coefficient (Wildman–Crippen LogP) is 9.55. The summed E-state index contributed by atoms with van der Waals surface area (Å²) in [5, 5.41) is 12.6. The summed E-state index contributed by atoms with van der Waals surface area (Å²) in [7, 11) is 0. The molecule has 4 aliphatic rings. The van der Waals surface area contributed by atoms with Gasteiger partial charge in [-0.3, -0.25) is 14.4 Å². The van der Waals surface area contributed by atoms with E-state index in [0.717, 1.165) is 24.0 Å². The van der Waals surface area contributed by atoms with Crippen molar-refractivity contribution in [3.63, 3.8) is 0 Å². The molecule has 4 aromatic rings. The van der Waals surface area contributed by atoms with Gasteiger partial charge in [-0.1, -0.05) is 94.9 Å². The van der Waals surface area contributed by atoms with Gasteiger partial charge in [0.1, 0.15) is 18.4 Å². The SMILES string of the molecule is O=C1C2CCCN2C(=O)N1c1cc(Cl)cc(Cl)c1.[C-]#[N+]c1ccc(C(O)C23CCCN2C(=O)N(c2cc(Cl)cc(Cl)c2)C3=O)cc1.[C-]#[N+]c1ccc(C=O)cc1. The molecule has 0 bridgehead atoms. The number of hydrogen-bond acceptors (Lipinski definition) is 6. The normalized spacial score (nSPS) is 20.0. The highest BCUT2D eigenvalue weighted by molar-refractivity contribution is 6.36. The van der Waals surface area contributed by atoms with Gasteiger partial charge in [-0.2, -0.15) is 0 Å². The zero-order valence-electron chi connectivity index (χ0n) is 29.2. The summed E-state index contributed by atoms with van der Waals surface area (Å²) in [4.78, 5) is 72.7. The molecule has 4 heterocycles. The first-order valence-electron chi connectivity index (χ1n) is 17.1. The van der Waals surface area contributed by atoms with E-state index in [-0.39, 0.29) is 23.7 Å². The Hall–Kier alpha value is -5.47. The Labute approximate surface area is 341 Å². The summed E-state index contributed by atoms with van der Waals surface area (Å²) in [6, 6.07) is 21.0. The van der Waals surface area contributed by atoms with Crippen molar-refractivity contribution in [3.05, 3.63) is 139 Å². The molecule has 4 aromatic carbocycles. The van der Waals surface area contributed by atoms with Crippen LogP contribution in [0.5, 0.6) is 0 Å². The first-order valence-corrected chi connectivity index (χ1v) is 18.6. The number of hydrogen-bond donors (Lipinski definition) is 1. The van der Waals surface area contributed by atoms with Gasteiger partial charge in [0.25, 0.3) is 11.8 Å². The topological polar surface area (TPSA) is 127 Å². The van der Waals surface area contributed by atoms with Crippen LogP contribution in [-0.4, -0.2) is 69.7 Å². The van der Waals surface area contributed by atoms with Crippen LogP contribution in [0.3, 0.4) is 0 Å². The van der Waals surface area contributed by atoms with E-state index in [1.54, 1.807) is 71.6 Å². The largest absolute Gasteiger partial charge is 0.385 e. The number of aliphatic hydroxyl groups is 1. The molecular formula is C40H30Cl4N6O6. The zero-order valence-corrected chi connectivity index (χ0v) is 32.3. The molecule has 1 N–H and O–H groups in total. The first-order chi connectivity index (χ1) is 26.8. The highest BCUT2D eigenvalue weighted by Gasteiger charge is 2.64. The lowest BCUT2D eigenvalue weighted by Crippen LogP contribution is -2.50. The van der Waals surface area contributed by atoms with Gasteiger partial charge in [0.15, 0.2) is 16.9 Å². The van der Waals surface area contributed by atoms with Crippen LogP contribution in [0, 0.1) is 13.1 Å². The Morgan fingerprint density at radius 3 is 1.73 bits per heavy atom. The van der Waals surface area contributed by atoms with Crippen LogP contribution >= 0.6 is 46.4 Å². The lowest BCUT2D eigenvalue weighted by Gasteiger charge is -2.33. The molecule has 284 valence electrons. The maximum Gasteiger partial charge on any atom is 0.332 e. The number of nitrogens with zero attached hydrogens (tertiary/aromatic N) is 6. The number of aldehydes is 1. The molecule has 0 aromatic heterocycles. The first kappa shape index (κ1) is 40.2. The van der Waals surface area contributed by atoms with Crippen LogP contribution in [0.15, 0.2) is 84.9 Å². The Morgan fingerprint density at radius 1 is 0.714 bits per heavy atom. The fourth-order valence-corrected chi connectivity index (χ4v) is 8.22. The molecule has 4 aliphatic heterocycles.